The Balaban J connectivity index is 2.98. The van der Waals surface area contributed by atoms with Gasteiger partial charge in [-0.25, -0.2) is 0 Å². The van der Waals surface area contributed by atoms with E-state index >= 15 is 0 Å². The minimum atomic E-state index is -0.199. The highest BCUT2D eigenvalue weighted by molar-refractivity contribution is 14.1. The highest BCUT2D eigenvalue weighted by atomic mass is 127. The molecule has 1 atom stereocenters. The van der Waals surface area contributed by atoms with E-state index in [0.717, 1.165) is 0 Å². The lowest BCUT2D eigenvalue weighted by Gasteiger charge is -2.03. The molecule has 0 heterocycles. The number of rotatable bonds is 3. The number of hydrogen-bond acceptors (Lipinski definition) is 2. The standard InChI is InChI=1S/C4H7IO2/c1-3-7-4(5)6-2/h3-4H,1H2,2H3. The van der Waals surface area contributed by atoms with Crippen LogP contribution < -0.4 is 0 Å². The van der Waals surface area contributed by atoms with E-state index < -0.39 is 0 Å². The third kappa shape index (κ3) is 4.08. The van der Waals surface area contributed by atoms with Gasteiger partial charge in [0.2, 0.25) is 0 Å². The van der Waals surface area contributed by atoms with Gasteiger partial charge in [0, 0.05) is 7.11 Å². The summed E-state index contributed by atoms with van der Waals surface area (Å²) in [6, 6.07) is 0. The third-order valence-electron chi connectivity index (χ3n) is 0.389. The predicted octanol–water partition coefficient (Wildman–Crippen LogP) is 1.51. The number of halogens is 1. The summed E-state index contributed by atoms with van der Waals surface area (Å²) in [6.07, 6.45) is 1.35. The molecule has 3 heteroatoms. The van der Waals surface area contributed by atoms with Gasteiger partial charge in [0.25, 0.3) is 4.30 Å². The summed E-state index contributed by atoms with van der Waals surface area (Å²) in [7, 11) is 1.57. The van der Waals surface area contributed by atoms with Crippen molar-refractivity contribution >= 4 is 22.6 Å². The van der Waals surface area contributed by atoms with Crippen LogP contribution in [0.4, 0.5) is 0 Å². The third-order valence-corrected chi connectivity index (χ3v) is 1.19. The Bertz CT molecular complexity index is 55.7. The second-order valence-corrected chi connectivity index (χ2v) is 1.83. The zero-order valence-electron chi connectivity index (χ0n) is 4.06. The van der Waals surface area contributed by atoms with E-state index in [2.05, 4.69) is 11.3 Å². The van der Waals surface area contributed by atoms with Crippen molar-refractivity contribution in [3.8, 4) is 0 Å². The molecular formula is C4H7IO2. The number of hydrogen-bond donors (Lipinski definition) is 0. The first-order valence-corrected chi connectivity index (χ1v) is 2.99. The van der Waals surface area contributed by atoms with E-state index in [0.29, 0.717) is 0 Å². The fraction of sp³-hybridized carbons (Fsp3) is 0.500. The van der Waals surface area contributed by atoms with Crippen LogP contribution in [0.1, 0.15) is 0 Å². The minimum Gasteiger partial charge on any atom is -0.464 e. The average molecular weight is 214 g/mol. The van der Waals surface area contributed by atoms with Crippen LogP contribution in [0.5, 0.6) is 0 Å². The Hall–Kier alpha value is 0.230. The van der Waals surface area contributed by atoms with Crippen LogP contribution >= 0.6 is 22.6 Å². The van der Waals surface area contributed by atoms with E-state index in [-0.39, 0.29) is 4.30 Å². The largest absolute Gasteiger partial charge is 0.464 e. The summed E-state index contributed by atoms with van der Waals surface area (Å²) >= 11 is 1.99. The van der Waals surface area contributed by atoms with E-state index in [1.807, 2.05) is 22.6 Å². The Morgan fingerprint density at radius 2 is 2.43 bits per heavy atom. The Morgan fingerprint density at radius 1 is 1.86 bits per heavy atom. The van der Waals surface area contributed by atoms with Crippen LogP contribution in [0.25, 0.3) is 0 Å². The molecule has 0 radical (unpaired) electrons. The molecule has 0 rings (SSSR count). The van der Waals surface area contributed by atoms with Crippen LogP contribution in [0.15, 0.2) is 12.8 Å². The van der Waals surface area contributed by atoms with Crippen LogP contribution in [-0.4, -0.2) is 11.4 Å². The molecular weight excluding hydrogens is 207 g/mol. The summed E-state index contributed by atoms with van der Waals surface area (Å²) in [4.78, 5) is 0. The van der Waals surface area contributed by atoms with Gasteiger partial charge in [0.05, 0.1) is 6.26 Å². The summed E-state index contributed by atoms with van der Waals surface area (Å²) in [5.74, 6) is 0. The lowest BCUT2D eigenvalue weighted by Crippen LogP contribution is -1.99. The monoisotopic (exact) mass is 214 g/mol. The highest BCUT2D eigenvalue weighted by Crippen LogP contribution is 2.01. The average Bonchev–Trinajstić information content (AvgIpc) is 1.68. The Kier molecular flexibility index (Phi) is 4.53. The Morgan fingerprint density at radius 3 is 2.57 bits per heavy atom. The molecule has 0 saturated carbocycles. The van der Waals surface area contributed by atoms with Crippen molar-refractivity contribution in [1.29, 1.82) is 0 Å². The molecule has 0 aliphatic rings. The van der Waals surface area contributed by atoms with Crippen LogP contribution in [0, 0.1) is 0 Å². The summed E-state index contributed by atoms with van der Waals surface area (Å²) in [5, 5.41) is 0. The SMILES string of the molecule is C=COC(I)OC. The first-order chi connectivity index (χ1) is 3.31. The molecule has 0 bridgehead atoms. The maximum Gasteiger partial charge on any atom is 0.251 e. The quantitative estimate of drug-likeness (QED) is 0.307. The molecule has 1 unspecified atom stereocenters. The molecule has 0 amide bonds. The zero-order chi connectivity index (χ0) is 5.70. The van der Waals surface area contributed by atoms with Crippen molar-refractivity contribution in [2.45, 2.75) is 4.30 Å². The van der Waals surface area contributed by atoms with Crippen molar-refractivity contribution in [3.63, 3.8) is 0 Å². The van der Waals surface area contributed by atoms with Crippen molar-refractivity contribution in [3.05, 3.63) is 12.8 Å². The van der Waals surface area contributed by atoms with Crippen molar-refractivity contribution in [1.82, 2.24) is 0 Å². The van der Waals surface area contributed by atoms with Gasteiger partial charge in [-0.2, -0.15) is 0 Å². The highest BCUT2D eigenvalue weighted by Gasteiger charge is 1.92. The van der Waals surface area contributed by atoms with Gasteiger partial charge in [0.1, 0.15) is 0 Å². The summed E-state index contributed by atoms with van der Waals surface area (Å²) in [6.45, 7) is 3.34. The van der Waals surface area contributed by atoms with Crippen molar-refractivity contribution in [2.75, 3.05) is 7.11 Å². The topological polar surface area (TPSA) is 18.5 Å². The van der Waals surface area contributed by atoms with Gasteiger partial charge in [-0.15, -0.1) is 0 Å². The molecule has 0 aromatic rings. The number of methoxy groups -OCH3 is 1. The molecule has 2 nitrogen and oxygen atoms in total. The van der Waals surface area contributed by atoms with Crippen LogP contribution in [-0.2, 0) is 9.47 Å². The Labute approximate surface area is 56.6 Å². The molecule has 0 fully saturated rings. The van der Waals surface area contributed by atoms with E-state index in [1.165, 1.54) is 6.26 Å². The lowest BCUT2D eigenvalue weighted by atomic mass is 11.1. The lowest BCUT2D eigenvalue weighted by molar-refractivity contribution is 0.00191. The molecule has 42 valence electrons. The van der Waals surface area contributed by atoms with E-state index in [9.17, 15) is 0 Å². The smallest absolute Gasteiger partial charge is 0.251 e. The molecule has 0 saturated heterocycles. The first kappa shape index (κ1) is 7.23. The summed E-state index contributed by atoms with van der Waals surface area (Å²) < 4.78 is 9.20. The minimum absolute atomic E-state index is 0.199. The van der Waals surface area contributed by atoms with Gasteiger partial charge in [0.15, 0.2) is 0 Å². The molecule has 7 heavy (non-hydrogen) atoms. The fourth-order valence-corrected chi connectivity index (χ4v) is 0.339. The van der Waals surface area contributed by atoms with Crippen molar-refractivity contribution in [2.24, 2.45) is 0 Å². The molecule has 0 spiro atoms. The second kappa shape index (κ2) is 4.39. The molecule has 0 aromatic heterocycles. The molecule has 0 aliphatic carbocycles. The van der Waals surface area contributed by atoms with E-state index in [4.69, 9.17) is 4.74 Å². The summed E-state index contributed by atoms with van der Waals surface area (Å²) in [5.41, 5.74) is 0. The number of alkyl halides is 1. The predicted molar refractivity (Wildman–Crippen MR) is 36.1 cm³/mol. The molecule has 0 aromatic carbocycles. The van der Waals surface area contributed by atoms with Crippen LogP contribution in [0.2, 0.25) is 0 Å². The molecule has 0 N–H and O–H groups in total. The normalized spacial score (nSPS) is 12.9. The van der Waals surface area contributed by atoms with Gasteiger partial charge in [-0.1, -0.05) is 6.58 Å². The second-order valence-electron chi connectivity index (χ2n) is 0.813. The van der Waals surface area contributed by atoms with Gasteiger partial charge in [-0.3, -0.25) is 0 Å². The first-order valence-electron chi connectivity index (χ1n) is 1.74. The zero-order valence-corrected chi connectivity index (χ0v) is 6.21. The van der Waals surface area contributed by atoms with Crippen molar-refractivity contribution < 1.29 is 9.47 Å². The van der Waals surface area contributed by atoms with E-state index in [1.54, 1.807) is 7.11 Å². The van der Waals surface area contributed by atoms with Gasteiger partial charge < -0.3 is 9.47 Å². The van der Waals surface area contributed by atoms with Crippen LogP contribution in [0.3, 0.4) is 0 Å². The molecule has 0 aliphatic heterocycles. The van der Waals surface area contributed by atoms with Gasteiger partial charge in [-0.05, 0) is 22.6 Å². The maximum atomic E-state index is 4.72. The number of ether oxygens (including phenoxy) is 2. The maximum absolute atomic E-state index is 4.72. The fourth-order valence-electron chi connectivity index (χ4n) is 0.131. The van der Waals surface area contributed by atoms with Gasteiger partial charge >= 0.3 is 0 Å².